The van der Waals surface area contributed by atoms with Crippen molar-refractivity contribution in [3.05, 3.63) is 63.4 Å². The maximum atomic E-state index is 13.7. The van der Waals surface area contributed by atoms with E-state index in [0.717, 1.165) is 0 Å². The molecule has 0 saturated carbocycles. The predicted molar refractivity (Wildman–Crippen MR) is 82.4 cm³/mol. The number of aromatic carboxylic acids is 1. The van der Waals surface area contributed by atoms with Gasteiger partial charge in [-0.15, -0.1) is 0 Å². The molecule has 0 aromatic heterocycles. The van der Waals surface area contributed by atoms with Crippen LogP contribution in [0.2, 0.25) is 0 Å². The Hall–Kier alpha value is -1.53. The molecule has 0 aliphatic heterocycles. The van der Waals surface area contributed by atoms with Gasteiger partial charge in [-0.2, -0.15) is 0 Å². The number of carboxylic acid groups (broad SMARTS) is 1. The van der Waals surface area contributed by atoms with Gasteiger partial charge >= 0.3 is 5.97 Å². The van der Waals surface area contributed by atoms with E-state index < -0.39 is 22.6 Å². The van der Waals surface area contributed by atoms with E-state index in [9.17, 15) is 13.4 Å². The summed E-state index contributed by atoms with van der Waals surface area (Å²) in [6, 6.07) is 9.13. The van der Waals surface area contributed by atoms with Gasteiger partial charge in [-0.1, -0.05) is 28.1 Å². The van der Waals surface area contributed by atoms with Crippen LogP contribution in [0.1, 0.15) is 21.5 Å². The van der Waals surface area contributed by atoms with E-state index in [0.29, 0.717) is 20.5 Å². The fourth-order valence-electron chi connectivity index (χ4n) is 1.84. The van der Waals surface area contributed by atoms with Gasteiger partial charge < -0.3 is 5.11 Å². The van der Waals surface area contributed by atoms with Gasteiger partial charge in [0.1, 0.15) is 5.82 Å². The Labute approximate surface area is 132 Å². The fraction of sp³-hybridized carbons (Fsp3) is 0.133. The average molecular weight is 371 g/mol. The number of halogens is 2. The smallest absolute Gasteiger partial charge is 0.335 e. The zero-order valence-corrected chi connectivity index (χ0v) is 13.5. The Bertz CT molecular complexity index is 731. The lowest BCUT2D eigenvalue weighted by atomic mass is 10.1. The summed E-state index contributed by atoms with van der Waals surface area (Å²) in [5.41, 5.74) is 1.03. The maximum Gasteiger partial charge on any atom is 0.335 e. The molecule has 21 heavy (non-hydrogen) atoms. The summed E-state index contributed by atoms with van der Waals surface area (Å²) in [4.78, 5) is 11.5. The van der Waals surface area contributed by atoms with Gasteiger partial charge in [0, 0.05) is 14.9 Å². The molecule has 0 saturated heterocycles. The van der Waals surface area contributed by atoms with Crippen LogP contribution in [0.5, 0.6) is 0 Å². The number of carbonyl (C=O) groups is 1. The molecule has 1 unspecified atom stereocenters. The molecular formula is C15H12BrFO3S. The van der Waals surface area contributed by atoms with Crippen LogP contribution in [0.3, 0.4) is 0 Å². The topological polar surface area (TPSA) is 54.4 Å². The van der Waals surface area contributed by atoms with Crippen molar-refractivity contribution in [2.24, 2.45) is 0 Å². The summed E-state index contributed by atoms with van der Waals surface area (Å²) in [7, 11) is -1.51. The summed E-state index contributed by atoms with van der Waals surface area (Å²) in [6.45, 7) is 1.67. The van der Waals surface area contributed by atoms with E-state index in [4.69, 9.17) is 5.11 Å². The maximum absolute atomic E-state index is 13.7. The fourth-order valence-corrected chi connectivity index (χ4v) is 3.32. The van der Waals surface area contributed by atoms with Gasteiger partial charge in [-0.3, -0.25) is 4.21 Å². The lowest BCUT2D eigenvalue weighted by molar-refractivity contribution is 0.0696. The van der Waals surface area contributed by atoms with E-state index in [-0.39, 0.29) is 11.3 Å². The molecule has 0 radical (unpaired) electrons. The highest BCUT2D eigenvalue weighted by molar-refractivity contribution is 9.10. The van der Waals surface area contributed by atoms with Crippen LogP contribution >= 0.6 is 15.9 Å². The highest BCUT2D eigenvalue weighted by Crippen LogP contribution is 2.20. The van der Waals surface area contributed by atoms with Gasteiger partial charge in [0.05, 0.1) is 22.1 Å². The molecule has 2 aromatic carbocycles. The van der Waals surface area contributed by atoms with Gasteiger partial charge in [-0.25, -0.2) is 9.18 Å². The van der Waals surface area contributed by atoms with E-state index in [1.165, 1.54) is 12.1 Å². The molecule has 0 bridgehead atoms. The number of rotatable bonds is 4. The normalized spacial score (nSPS) is 12.1. The first kappa shape index (κ1) is 15.9. The first-order valence-electron chi connectivity index (χ1n) is 6.04. The molecule has 0 fully saturated rings. The van der Waals surface area contributed by atoms with E-state index in [1.807, 2.05) is 0 Å². The second-order valence-corrected chi connectivity index (χ2v) is 6.87. The molecule has 0 spiro atoms. The minimum atomic E-state index is -1.51. The molecule has 0 heterocycles. The van der Waals surface area contributed by atoms with Crippen molar-refractivity contribution in [1.29, 1.82) is 0 Å². The van der Waals surface area contributed by atoms with Crippen LogP contribution in [0, 0.1) is 12.7 Å². The Morgan fingerprint density at radius 1 is 1.29 bits per heavy atom. The molecule has 0 aliphatic rings. The molecule has 2 rings (SSSR count). The molecule has 2 aromatic rings. The molecule has 0 aliphatic carbocycles. The Balaban J connectivity index is 2.28. The summed E-state index contributed by atoms with van der Waals surface area (Å²) in [5.74, 6) is -1.51. The summed E-state index contributed by atoms with van der Waals surface area (Å²) in [6.07, 6.45) is 0. The first-order chi connectivity index (χ1) is 9.88. The molecule has 0 amide bonds. The van der Waals surface area contributed by atoms with Gasteiger partial charge in [0.25, 0.3) is 0 Å². The molecule has 3 nitrogen and oxygen atoms in total. The van der Waals surface area contributed by atoms with E-state index in [1.54, 1.807) is 31.2 Å². The van der Waals surface area contributed by atoms with Crippen LogP contribution in [0.15, 0.2) is 45.8 Å². The number of hydrogen-bond acceptors (Lipinski definition) is 2. The van der Waals surface area contributed by atoms with Crippen LogP contribution in [-0.4, -0.2) is 15.3 Å². The standard InChI is InChI=1S/C15H12BrFO3S/c1-9-2-5-12(7-13(9)15(18)19)21(20)8-10-3-4-11(16)6-14(10)17/h2-7H,8H2,1H3,(H,18,19). The minimum absolute atomic E-state index is 0.00122. The van der Waals surface area contributed by atoms with Crippen LogP contribution in [0.25, 0.3) is 0 Å². The van der Waals surface area contributed by atoms with Crippen molar-refractivity contribution in [2.75, 3.05) is 0 Å². The van der Waals surface area contributed by atoms with Crippen LogP contribution in [-0.2, 0) is 16.6 Å². The van der Waals surface area contributed by atoms with Crippen LogP contribution in [0.4, 0.5) is 4.39 Å². The van der Waals surface area contributed by atoms with Gasteiger partial charge in [0.15, 0.2) is 0 Å². The summed E-state index contributed by atoms with van der Waals surface area (Å²) >= 11 is 3.16. The molecule has 1 N–H and O–H groups in total. The SMILES string of the molecule is Cc1ccc(S(=O)Cc2ccc(Br)cc2F)cc1C(=O)O. The van der Waals surface area contributed by atoms with Gasteiger partial charge in [0.2, 0.25) is 0 Å². The van der Waals surface area contributed by atoms with E-state index in [2.05, 4.69) is 15.9 Å². The molecule has 110 valence electrons. The van der Waals surface area contributed by atoms with Crippen molar-refractivity contribution in [3.8, 4) is 0 Å². The van der Waals surface area contributed by atoms with Crippen molar-refractivity contribution in [1.82, 2.24) is 0 Å². The van der Waals surface area contributed by atoms with E-state index >= 15 is 0 Å². The molecule has 6 heteroatoms. The van der Waals surface area contributed by atoms with Crippen molar-refractivity contribution in [2.45, 2.75) is 17.6 Å². The summed E-state index contributed by atoms with van der Waals surface area (Å²) in [5, 5.41) is 9.07. The number of benzene rings is 2. The van der Waals surface area contributed by atoms with Crippen molar-refractivity contribution >= 4 is 32.7 Å². The lowest BCUT2D eigenvalue weighted by Gasteiger charge is -2.07. The third-order valence-corrected chi connectivity index (χ3v) is 4.85. The minimum Gasteiger partial charge on any atom is -0.478 e. The zero-order chi connectivity index (χ0) is 15.6. The first-order valence-corrected chi connectivity index (χ1v) is 8.16. The Morgan fingerprint density at radius 2 is 2.00 bits per heavy atom. The highest BCUT2D eigenvalue weighted by Gasteiger charge is 2.13. The number of aryl methyl sites for hydroxylation is 1. The average Bonchev–Trinajstić information content (AvgIpc) is 2.42. The van der Waals surface area contributed by atoms with Crippen molar-refractivity contribution < 1.29 is 18.5 Å². The Morgan fingerprint density at radius 3 is 2.62 bits per heavy atom. The third-order valence-electron chi connectivity index (χ3n) is 3.00. The second kappa shape index (κ2) is 6.49. The van der Waals surface area contributed by atoms with Crippen molar-refractivity contribution in [3.63, 3.8) is 0 Å². The monoisotopic (exact) mass is 370 g/mol. The van der Waals surface area contributed by atoms with Crippen LogP contribution < -0.4 is 0 Å². The Kier molecular flexibility index (Phi) is 4.90. The largest absolute Gasteiger partial charge is 0.478 e. The summed E-state index contributed by atoms with van der Waals surface area (Å²) < 4.78 is 26.6. The predicted octanol–water partition coefficient (Wildman–Crippen LogP) is 3.90. The van der Waals surface area contributed by atoms with Gasteiger partial charge in [-0.05, 0) is 36.8 Å². The molecule has 1 atom stereocenters. The zero-order valence-electron chi connectivity index (χ0n) is 11.1. The quantitative estimate of drug-likeness (QED) is 0.887. The number of carboxylic acids is 1. The second-order valence-electron chi connectivity index (χ2n) is 4.51. The lowest BCUT2D eigenvalue weighted by Crippen LogP contribution is -2.04. The third kappa shape index (κ3) is 3.77. The number of hydrogen-bond donors (Lipinski definition) is 1. The highest BCUT2D eigenvalue weighted by atomic mass is 79.9. The molecular weight excluding hydrogens is 359 g/mol.